The highest BCUT2D eigenvalue weighted by Gasteiger charge is 1.83. The SMILES string of the molecule is C=C/C(=C\C)CC#N.CCC. The van der Waals surface area contributed by atoms with E-state index in [1.54, 1.807) is 6.08 Å². The molecule has 11 heavy (non-hydrogen) atoms. The molecule has 0 amide bonds. The van der Waals surface area contributed by atoms with Crippen LogP contribution >= 0.6 is 0 Å². The summed E-state index contributed by atoms with van der Waals surface area (Å²) in [6, 6.07) is 2.03. The number of rotatable bonds is 2. The molecule has 0 saturated heterocycles. The summed E-state index contributed by atoms with van der Waals surface area (Å²) in [7, 11) is 0. The second-order valence-electron chi connectivity index (χ2n) is 2.11. The van der Waals surface area contributed by atoms with Crippen molar-refractivity contribution in [2.75, 3.05) is 0 Å². The van der Waals surface area contributed by atoms with Crippen LogP contribution < -0.4 is 0 Å². The molecule has 62 valence electrons. The molecule has 0 aromatic rings. The fourth-order valence-corrected chi connectivity index (χ4v) is 0.383. The molecule has 0 aromatic carbocycles. The highest BCUT2D eigenvalue weighted by molar-refractivity contribution is 5.18. The van der Waals surface area contributed by atoms with E-state index in [9.17, 15) is 0 Å². The van der Waals surface area contributed by atoms with E-state index in [2.05, 4.69) is 20.4 Å². The van der Waals surface area contributed by atoms with E-state index in [4.69, 9.17) is 5.26 Å². The normalized spacial score (nSPS) is 9.09. The highest BCUT2D eigenvalue weighted by Crippen LogP contribution is 1.98. The molecule has 0 rings (SSSR count). The standard InChI is InChI=1S/C7H9N.C3H8/c1-3-7(4-2)5-6-8;1-3-2/h3-4H,1,5H2,2H3;3H2,1-2H3/b7-4+;. The summed E-state index contributed by atoms with van der Waals surface area (Å²) in [6.45, 7) is 9.68. The van der Waals surface area contributed by atoms with E-state index in [-0.39, 0.29) is 0 Å². The largest absolute Gasteiger partial charge is 0.198 e. The molecule has 0 aliphatic heterocycles. The van der Waals surface area contributed by atoms with Gasteiger partial charge in [0, 0.05) is 0 Å². The third-order valence-corrected chi connectivity index (χ3v) is 0.916. The number of nitriles is 1. The van der Waals surface area contributed by atoms with Crippen LogP contribution in [0, 0.1) is 11.3 Å². The van der Waals surface area contributed by atoms with Gasteiger partial charge in [0.25, 0.3) is 0 Å². The van der Waals surface area contributed by atoms with Crippen LogP contribution in [0.2, 0.25) is 0 Å². The maximum atomic E-state index is 8.16. The quantitative estimate of drug-likeness (QED) is 0.554. The predicted molar refractivity (Wildman–Crippen MR) is 50.1 cm³/mol. The first-order chi connectivity index (χ1) is 5.26. The highest BCUT2D eigenvalue weighted by atomic mass is 14.2. The lowest BCUT2D eigenvalue weighted by Crippen LogP contribution is -1.70. The van der Waals surface area contributed by atoms with Gasteiger partial charge in [-0.1, -0.05) is 39.0 Å². The zero-order valence-corrected chi connectivity index (χ0v) is 7.72. The number of hydrogen-bond acceptors (Lipinski definition) is 1. The van der Waals surface area contributed by atoms with Gasteiger partial charge in [0.2, 0.25) is 0 Å². The first kappa shape index (κ1) is 12.6. The average Bonchev–Trinajstić information content (AvgIpc) is 2.02. The van der Waals surface area contributed by atoms with Crippen LogP contribution in [0.1, 0.15) is 33.6 Å². The predicted octanol–water partition coefficient (Wildman–Crippen LogP) is 3.45. The van der Waals surface area contributed by atoms with Gasteiger partial charge in [-0.2, -0.15) is 5.26 Å². The fraction of sp³-hybridized carbons (Fsp3) is 0.500. The monoisotopic (exact) mass is 151 g/mol. The molecule has 0 unspecified atom stereocenters. The lowest BCUT2D eigenvalue weighted by Gasteiger charge is -1.86. The minimum atomic E-state index is 0.472. The molecule has 0 radical (unpaired) electrons. The zero-order valence-electron chi connectivity index (χ0n) is 7.72. The molecule has 0 fully saturated rings. The summed E-state index contributed by atoms with van der Waals surface area (Å²) in [6.07, 6.45) is 5.30. The Bertz CT molecular complexity index is 149. The number of hydrogen-bond donors (Lipinski definition) is 0. The minimum absolute atomic E-state index is 0.472. The van der Waals surface area contributed by atoms with E-state index in [1.807, 2.05) is 19.1 Å². The number of allylic oxidation sites excluding steroid dienone is 3. The first-order valence-corrected chi connectivity index (χ1v) is 3.91. The Morgan fingerprint density at radius 3 is 2.09 bits per heavy atom. The Hall–Kier alpha value is -1.03. The molecule has 0 atom stereocenters. The van der Waals surface area contributed by atoms with E-state index in [0.29, 0.717) is 6.42 Å². The maximum Gasteiger partial charge on any atom is 0.0669 e. The zero-order chi connectivity index (χ0) is 9.11. The second kappa shape index (κ2) is 11.7. The van der Waals surface area contributed by atoms with Gasteiger partial charge in [-0.3, -0.25) is 0 Å². The van der Waals surface area contributed by atoms with E-state index in [0.717, 1.165) is 5.57 Å². The molecule has 0 aliphatic rings. The van der Waals surface area contributed by atoms with Crippen molar-refractivity contribution in [2.45, 2.75) is 33.6 Å². The molecule has 0 aromatic heterocycles. The summed E-state index contributed by atoms with van der Waals surface area (Å²) < 4.78 is 0. The summed E-state index contributed by atoms with van der Waals surface area (Å²) in [5.41, 5.74) is 0.993. The van der Waals surface area contributed by atoms with Crippen LogP contribution in [0.15, 0.2) is 24.3 Å². The third kappa shape index (κ3) is 12.2. The van der Waals surface area contributed by atoms with Crippen molar-refractivity contribution in [3.63, 3.8) is 0 Å². The van der Waals surface area contributed by atoms with Crippen LogP contribution in [0.3, 0.4) is 0 Å². The molecular weight excluding hydrogens is 134 g/mol. The van der Waals surface area contributed by atoms with Gasteiger partial charge in [0.05, 0.1) is 12.5 Å². The van der Waals surface area contributed by atoms with Crippen molar-refractivity contribution in [3.8, 4) is 6.07 Å². The van der Waals surface area contributed by atoms with Crippen molar-refractivity contribution in [3.05, 3.63) is 24.3 Å². The van der Waals surface area contributed by atoms with Gasteiger partial charge in [-0.25, -0.2) is 0 Å². The van der Waals surface area contributed by atoms with Crippen LogP contribution in [0.5, 0.6) is 0 Å². The van der Waals surface area contributed by atoms with Crippen LogP contribution in [-0.2, 0) is 0 Å². The molecule has 0 N–H and O–H groups in total. The van der Waals surface area contributed by atoms with Crippen LogP contribution in [0.25, 0.3) is 0 Å². The van der Waals surface area contributed by atoms with Gasteiger partial charge in [0.1, 0.15) is 0 Å². The first-order valence-electron chi connectivity index (χ1n) is 3.91. The van der Waals surface area contributed by atoms with Crippen LogP contribution in [0.4, 0.5) is 0 Å². The van der Waals surface area contributed by atoms with Crippen molar-refractivity contribution in [1.82, 2.24) is 0 Å². The Labute approximate surface area is 70.0 Å². The molecule has 0 aliphatic carbocycles. The van der Waals surface area contributed by atoms with E-state index in [1.165, 1.54) is 6.42 Å². The maximum absolute atomic E-state index is 8.16. The molecule has 0 heterocycles. The van der Waals surface area contributed by atoms with Crippen molar-refractivity contribution in [2.24, 2.45) is 0 Å². The lowest BCUT2D eigenvalue weighted by molar-refractivity contribution is 1.09. The Morgan fingerprint density at radius 1 is 1.55 bits per heavy atom. The van der Waals surface area contributed by atoms with Gasteiger partial charge in [-0.05, 0) is 12.5 Å². The molecule has 0 bridgehead atoms. The third-order valence-electron chi connectivity index (χ3n) is 0.916. The van der Waals surface area contributed by atoms with Gasteiger partial charge >= 0.3 is 0 Å². The van der Waals surface area contributed by atoms with Gasteiger partial charge < -0.3 is 0 Å². The smallest absolute Gasteiger partial charge is 0.0669 e. The minimum Gasteiger partial charge on any atom is -0.198 e. The Balaban J connectivity index is 0. The van der Waals surface area contributed by atoms with Crippen molar-refractivity contribution >= 4 is 0 Å². The van der Waals surface area contributed by atoms with Gasteiger partial charge in [0.15, 0.2) is 0 Å². The summed E-state index contributed by atoms with van der Waals surface area (Å²) in [5, 5.41) is 8.16. The molecule has 0 spiro atoms. The Morgan fingerprint density at radius 2 is 2.00 bits per heavy atom. The van der Waals surface area contributed by atoms with E-state index >= 15 is 0 Å². The molecule has 1 heteroatoms. The summed E-state index contributed by atoms with van der Waals surface area (Å²) in [5.74, 6) is 0. The number of nitrogens with zero attached hydrogens (tertiary/aromatic N) is 1. The molecular formula is C10H17N. The topological polar surface area (TPSA) is 23.8 Å². The fourth-order valence-electron chi connectivity index (χ4n) is 0.383. The van der Waals surface area contributed by atoms with Crippen molar-refractivity contribution in [1.29, 1.82) is 5.26 Å². The van der Waals surface area contributed by atoms with Crippen LogP contribution in [-0.4, -0.2) is 0 Å². The summed E-state index contributed by atoms with van der Waals surface area (Å²) >= 11 is 0. The molecule has 1 nitrogen and oxygen atoms in total. The van der Waals surface area contributed by atoms with Crippen molar-refractivity contribution < 1.29 is 0 Å². The van der Waals surface area contributed by atoms with Gasteiger partial charge in [-0.15, -0.1) is 0 Å². The Kier molecular flexibility index (Phi) is 13.5. The molecule has 0 saturated carbocycles. The second-order valence-corrected chi connectivity index (χ2v) is 2.11. The lowest BCUT2D eigenvalue weighted by atomic mass is 10.2. The van der Waals surface area contributed by atoms with E-state index < -0.39 is 0 Å². The summed E-state index contributed by atoms with van der Waals surface area (Å²) in [4.78, 5) is 0. The average molecular weight is 151 g/mol.